The van der Waals surface area contributed by atoms with Gasteiger partial charge in [0.25, 0.3) is 5.82 Å². The number of aryl methyl sites for hydroxylation is 2. The second-order valence-electron chi connectivity index (χ2n) is 18.0. The number of hydrogen-bond acceptors (Lipinski definition) is 0. The summed E-state index contributed by atoms with van der Waals surface area (Å²) in [6, 6.07) is 0. The maximum Gasteiger partial charge on any atom is 0.256 e. The monoisotopic (exact) mass is 756 g/mol. The Kier molecular flexibility index (Phi) is 41.1. The van der Waals surface area contributed by atoms with Gasteiger partial charge >= 0.3 is 0 Å². The molecule has 0 saturated carbocycles. The Labute approximate surface area is 342 Å². The molecule has 2 heteroatoms. The van der Waals surface area contributed by atoms with Gasteiger partial charge in [-0.3, -0.25) is 0 Å². The third kappa shape index (κ3) is 34.5. The maximum absolute atomic E-state index is 2.66. The molecule has 1 heterocycles. The van der Waals surface area contributed by atoms with Crippen molar-refractivity contribution in [3.63, 3.8) is 0 Å². The minimum Gasteiger partial charge on any atom is -0.234 e. The predicted molar refractivity (Wildman–Crippen MR) is 244 cm³/mol. The summed E-state index contributed by atoms with van der Waals surface area (Å²) in [4.78, 5) is 0. The minimum atomic E-state index is 1.23. The lowest BCUT2D eigenvalue weighted by atomic mass is 10.0. The van der Waals surface area contributed by atoms with Gasteiger partial charge in [-0.2, -0.15) is 0 Å². The Bertz CT molecular complexity index is 826. The second kappa shape index (κ2) is 43.3. The molecule has 0 bridgehead atoms. The molecule has 0 N–H and O–H groups in total. The van der Waals surface area contributed by atoms with Crippen molar-refractivity contribution in [1.29, 1.82) is 0 Å². The van der Waals surface area contributed by atoms with Crippen LogP contribution in [0.1, 0.15) is 303 Å². The van der Waals surface area contributed by atoms with Gasteiger partial charge in [0.2, 0.25) is 0 Å². The van der Waals surface area contributed by atoms with E-state index in [-0.39, 0.29) is 0 Å². The van der Waals surface area contributed by atoms with Crippen LogP contribution >= 0.6 is 0 Å². The molecule has 0 unspecified atom stereocenters. The fraction of sp³-hybridized carbons (Fsp3) is 0.942. The lowest BCUT2D eigenvalue weighted by Crippen LogP contribution is -2.37. The van der Waals surface area contributed by atoms with Crippen LogP contribution in [0, 0.1) is 0 Å². The Morgan fingerprint density at radius 1 is 0.315 bits per heavy atom. The summed E-state index contributed by atoms with van der Waals surface area (Å²) in [6.45, 7) is 9.42. The number of hydrogen-bond donors (Lipinski definition) is 0. The van der Waals surface area contributed by atoms with E-state index in [9.17, 15) is 0 Å². The van der Waals surface area contributed by atoms with Crippen molar-refractivity contribution in [3.8, 4) is 0 Å². The van der Waals surface area contributed by atoms with Crippen LogP contribution < -0.4 is 4.57 Å². The molecule has 0 radical (unpaired) electrons. The normalized spacial score (nSPS) is 11.7. The zero-order chi connectivity index (χ0) is 38.7. The predicted octanol–water partition coefficient (Wildman–Crippen LogP) is 18.2. The van der Waals surface area contributed by atoms with E-state index in [1.165, 1.54) is 296 Å². The quantitative estimate of drug-likeness (QED) is 0.0463. The fourth-order valence-corrected chi connectivity index (χ4v) is 8.80. The van der Waals surface area contributed by atoms with Crippen LogP contribution in [-0.4, -0.2) is 4.57 Å². The zero-order valence-electron chi connectivity index (χ0n) is 38.1. The highest BCUT2D eigenvalue weighted by Gasteiger charge is 2.16. The number of imidazole rings is 1. The molecule has 0 aliphatic rings. The first-order chi connectivity index (χ1) is 26.8. The summed E-state index contributed by atoms with van der Waals surface area (Å²) in [5, 5.41) is 0. The van der Waals surface area contributed by atoms with Gasteiger partial charge in [0.05, 0.1) is 13.1 Å². The van der Waals surface area contributed by atoms with Crippen LogP contribution in [0.25, 0.3) is 0 Å². The highest BCUT2D eigenvalue weighted by atomic mass is 15.1. The van der Waals surface area contributed by atoms with Gasteiger partial charge in [-0.1, -0.05) is 265 Å². The molecule has 0 saturated heterocycles. The number of nitrogens with zero attached hydrogens (tertiary/aromatic N) is 2. The summed E-state index contributed by atoms with van der Waals surface area (Å²) in [7, 11) is 0. The zero-order valence-corrected chi connectivity index (χ0v) is 38.1. The third-order valence-corrected chi connectivity index (χ3v) is 12.6. The first-order valence-electron chi connectivity index (χ1n) is 25.9. The molecular weight excluding hydrogens is 653 g/mol. The smallest absolute Gasteiger partial charge is 0.234 e. The van der Waals surface area contributed by atoms with Crippen LogP contribution in [0.15, 0.2) is 12.4 Å². The number of unbranched alkanes of at least 4 members (excludes halogenated alkanes) is 40. The Balaban J connectivity index is 2.24. The van der Waals surface area contributed by atoms with E-state index >= 15 is 0 Å². The Morgan fingerprint density at radius 3 is 0.889 bits per heavy atom. The van der Waals surface area contributed by atoms with Crippen LogP contribution in [-0.2, 0) is 19.5 Å². The van der Waals surface area contributed by atoms with Gasteiger partial charge in [0.1, 0.15) is 12.4 Å². The largest absolute Gasteiger partial charge is 0.256 e. The van der Waals surface area contributed by atoms with Crippen molar-refractivity contribution in [2.45, 2.75) is 316 Å². The Morgan fingerprint density at radius 2 is 0.574 bits per heavy atom. The van der Waals surface area contributed by atoms with Crippen molar-refractivity contribution < 1.29 is 4.57 Å². The SMILES string of the molecule is CCCCCCCCCCCCCCCCCCn1cc[n+](CCCCCCCCCCCCCCCCC)c1CCCCCCCCCCCCCC. The van der Waals surface area contributed by atoms with Crippen molar-refractivity contribution in [3.05, 3.63) is 18.2 Å². The van der Waals surface area contributed by atoms with Gasteiger partial charge in [0.15, 0.2) is 0 Å². The molecule has 54 heavy (non-hydrogen) atoms. The highest BCUT2D eigenvalue weighted by Crippen LogP contribution is 2.17. The highest BCUT2D eigenvalue weighted by molar-refractivity contribution is 4.84. The van der Waals surface area contributed by atoms with E-state index < -0.39 is 0 Å². The molecule has 1 aromatic heterocycles. The molecule has 0 atom stereocenters. The lowest BCUT2D eigenvalue weighted by Gasteiger charge is -2.07. The van der Waals surface area contributed by atoms with Crippen molar-refractivity contribution in [2.75, 3.05) is 0 Å². The molecule has 0 amide bonds. The minimum absolute atomic E-state index is 1.23. The number of rotatable bonds is 46. The van der Waals surface area contributed by atoms with E-state index in [1.807, 2.05) is 0 Å². The molecular formula is C52H103N2+. The molecule has 0 aliphatic carbocycles. The first-order valence-corrected chi connectivity index (χ1v) is 25.9. The second-order valence-corrected chi connectivity index (χ2v) is 18.0. The van der Waals surface area contributed by atoms with E-state index in [0.717, 1.165) is 0 Å². The third-order valence-electron chi connectivity index (χ3n) is 12.6. The van der Waals surface area contributed by atoms with Crippen LogP contribution in [0.4, 0.5) is 0 Å². The summed E-state index contributed by atoms with van der Waals surface area (Å²) < 4.78 is 5.32. The molecule has 1 aromatic rings. The summed E-state index contributed by atoms with van der Waals surface area (Å²) in [5.74, 6) is 1.63. The summed E-state index contributed by atoms with van der Waals surface area (Å²) >= 11 is 0. The molecule has 1 rings (SSSR count). The van der Waals surface area contributed by atoms with Gasteiger partial charge in [0, 0.05) is 6.42 Å². The van der Waals surface area contributed by atoms with Crippen LogP contribution in [0.5, 0.6) is 0 Å². The molecule has 320 valence electrons. The summed E-state index contributed by atoms with van der Waals surface area (Å²) in [6.07, 6.45) is 68.3. The molecule has 0 aliphatic heterocycles. The topological polar surface area (TPSA) is 8.81 Å². The van der Waals surface area contributed by atoms with Crippen molar-refractivity contribution in [1.82, 2.24) is 4.57 Å². The van der Waals surface area contributed by atoms with E-state index in [1.54, 1.807) is 5.82 Å². The Hall–Kier alpha value is -0.790. The number of aromatic nitrogens is 2. The standard InChI is InChI=1S/C52H103N2/c1-4-7-10-13-16-19-22-25-27-29-31-34-37-40-43-46-49-54-51-50-53(52(54)47-44-41-38-35-32-24-21-18-15-12-9-6-3)48-45-42-39-36-33-30-28-26-23-20-17-14-11-8-5-2/h50-51H,4-49H2,1-3H3/q+1. The van der Waals surface area contributed by atoms with E-state index in [2.05, 4.69) is 42.3 Å². The van der Waals surface area contributed by atoms with E-state index in [0.29, 0.717) is 0 Å². The van der Waals surface area contributed by atoms with Crippen LogP contribution in [0.2, 0.25) is 0 Å². The lowest BCUT2D eigenvalue weighted by molar-refractivity contribution is -0.704. The molecule has 0 aromatic carbocycles. The van der Waals surface area contributed by atoms with Crippen LogP contribution in [0.3, 0.4) is 0 Å². The first kappa shape index (κ1) is 51.2. The van der Waals surface area contributed by atoms with Crippen molar-refractivity contribution >= 4 is 0 Å². The maximum atomic E-state index is 2.66. The van der Waals surface area contributed by atoms with Gasteiger partial charge in [-0.15, -0.1) is 0 Å². The van der Waals surface area contributed by atoms with Gasteiger partial charge in [-0.25, -0.2) is 9.13 Å². The summed E-state index contributed by atoms with van der Waals surface area (Å²) in [5.41, 5.74) is 0. The molecule has 0 fully saturated rings. The molecule has 0 spiro atoms. The average molecular weight is 756 g/mol. The molecule has 2 nitrogen and oxygen atoms in total. The van der Waals surface area contributed by atoms with Gasteiger partial charge < -0.3 is 0 Å². The average Bonchev–Trinajstić information content (AvgIpc) is 3.57. The fourth-order valence-electron chi connectivity index (χ4n) is 8.80. The van der Waals surface area contributed by atoms with Gasteiger partial charge in [-0.05, 0) is 32.1 Å². The van der Waals surface area contributed by atoms with Crippen molar-refractivity contribution in [2.24, 2.45) is 0 Å². The van der Waals surface area contributed by atoms with E-state index in [4.69, 9.17) is 0 Å².